The fourth-order valence-electron chi connectivity index (χ4n) is 9.22. The molecule has 1 aromatic carbocycles. The highest BCUT2D eigenvalue weighted by molar-refractivity contribution is 6.00. The lowest BCUT2D eigenvalue weighted by atomic mass is 10.0. The fourth-order valence-corrected chi connectivity index (χ4v) is 9.22. The van der Waals surface area contributed by atoms with E-state index >= 15 is 0 Å². The Labute approximate surface area is 387 Å². The molecule has 0 fully saturated rings. The number of nitrogens with zero attached hydrogens (tertiary/aromatic N) is 5. The maximum atomic E-state index is 13.1. The smallest absolute Gasteiger partial charge is 0.224 e. The number of hydrogen-bond acceptors (Lipinski definition) is 6. The van der Waals surface area contributed by atoms with Gasteiger partial charge in [-0.1, -0.05) is 96.1 Å². The van der Waals surface area contributed by atoms with Gasteiger partial charge in [0, 0.05) is 93.6 Å². The molecule has 0 spiro atoms. The number of pyridine rings is 3. The van der Waals surface area contributed by atoms with Crippen LogP contribution in [0.3, 0.4) is 0 Å². The molecule has 9 heteroatoms. The molecule has 6 aromatic heterocycles. The lowest BCUT2D eigenvalue weighted by Crippen LogP contribution is -2.10. The van der Waals surface area contributed by atoms with Crippen molar-refractivity contribution in [2.45, 2.75) is 96.8 Å². The molecule has 66 heavy (non-hydrogen) atoms. The third-order valence-corrected chi connectivity index (χ3v) is 12.6. The zero-order chi connectivity index (χ0) is 44.9. The van der Waals surface area contributed by atoms with Crippen molar-refractivity contribution in [3.8, 4) is 44.5 Å². The van der Waals surface area contributed by atoms with Crippen LogP contribution < -0.4 is 5.32 Å². The van der Waals surface area contributed by atoms with E-state index in [1.54, 1.807) is 0 Å². The molecule has 3 N–H and O–H groups in total. The minimum Gasteiger partial charge on any atom is -0.354 e. The molecule has 0 saturated heterocycles. The molecular weight excluding hydrogens is 813 g/mol. The van der Waals surface area contributed by atoms with Crippen LogP contribution in [0.15, 0.2) is 122 Å². The van der Waals surface area contributed by atoms with Gasteiger partial charge >= 0.3 is 0 Å². The maximum absolute atomic E-state index is 13.1. The first-order valence-electron chi connectivity index (χ1n) is 23.9. The molecule has 0 saturated carbocycles. The number of nitrogens with one attached hydrogen (secondary N) is 3. The van der Waals surface area contributed by atoms with Crippen molar-refractivity contribution in [1.29, 1.82) is 0 Å². The average molecular weight is 871 g/mol. The molecule has 332 valence electrons. The van der Waals surface area contributed by atoms with Gasteiger partial charge in [0.2, 0.25) is 5.91 Å². The predicted octanol–water partition coefficient (Wildman–Crippen LogP) is 14.9. The SMILES string of the molecule is CCCCCCCCCCCCCCCC(=O)Nc1ccc(-c2c3nc(c(-c4ccncc4)c4ccc([nH]4)c(-c4ccncc4)c4nc(c(-c5ccncc5)c5ccc2[nH]5)C=C4)C=C3)cc1. The summed E-state index contributed by atoms with van der Waals surface area (Å²) in [6.45, 7) is 2.27. The number of aromatic amines is 2. The average Bonchev–Trinajstić information content (AvgIpc) is 4.21. The Kier molecular flexibility index (Phi) is 14.4. The van der Waals surface area contributed by atoms with Gasteiger partial charge in [0.1, 0.15) is 0 Å². The Morgan fingerprint density at radius 3 is 1.08 bits per heavy atom. The van der Waals surface area contributed by atoms with Crippen LogP contribution in [0.1, 0.15) is 120 Å². The van der Waals surface area contributed by atoms with Crippen molar-refractivity contribution < 1.29 is 4.79 Å². The molecule has 2 aliphatic rings. The van der Waals surface area contributed by atoms with Crippen LogP contribution in [0.2, 0.25) is 0 Å². The first kappa shape index (κ1) is 44.0. The summed E-state index contributed by atoms with van der Waals surface area (Å²) in [5.74, 6) is 0.0557. The van der Waals surface area contributed by atoms with Gasteiger partial charge in [-0.25, -0.2) is 9.97 Å². The van der Waals surface area contributed by atoms with Crippen molar-refractivity contribution in [2.24, 2.45) is 0 Å². The number of anilines is 1. The van der Waals surface area contributed by atoms with E-state index in [0.717, 1.165) is 108 Å². The van der Waals surface area contributed by atoms with E-state index in [9.17, 15) is 4.79 Å². The predicted molar refractivity (Wildman–Crippen MR) is 273 cm³/mol. The molecule has 1 amide bonds. The summed E-state index contributed by atoms with van der Waals surface area (Å²) in [4.78, 5) is 44.4. The van der Waals surface area contributed by atoms with Crippen molar-refractivity contribution in [1.82, 2.24) is 34.9 Å². The molecule has 0 radical (unpaired) electrons. The van der Waals surface area contributed by atoms with Gasteiger partial charge < -0.3 is 15.3 Å². The number of amides is 1. The molecule has 8 bridgehead atoms. The molecule has 7 aromatic rings. The number of unbranched alkanes of at least 4 members (excludes halogenated alkanes) is 12. The van der Waals surface area contributed by atoms with E-state index in [0.29, 0.717) is 6.42 Å². The van der Waals surface area contributed by atoms with Gasteiger partial charge in [-0.3, -0.25) is 19.7 Å². The van der Waals surface area contributed by atoms with E-state index in [4.69, 9.17) is 9.97 Å². The van der Waals surface area contributed by atoms with Crippen molar-refractivity contribution in [3.63, 3.8) is 0 Å². The van der Waals surface area contributed by atoms with Gasteiger partial charge in [0.15, 0.2) is 0 Å². The zero-order valence-electron chi connectivity index (χ0n) is 37.9. The Morgan fingerprint density at radius 1 is 0.409 bits per heavy atom. The number of benzene rings is 1. The second-order valence-corrected chi connectivity index (χ2v) is 17.3. The van der Waals surface area contributed by atoms with Crippen molar-refractivity contribution in [2.75, 3.05) is 5.32 Å². The van der Waals surface area contributed by atoms with E-state index < -0.39 is 0 Å². The van der Waals surface area contributed by atoms with Gasteiger partial charge in [-0.15, -0.1) is 0 Å². The highest BCUT2D eigenvalue weighted by atomic mass is 16.1. The van der Waals surface area contributed by atoms with Crippen LogP contribution in [-0.2, 0) is 4.79 Å². The molecule has 0 atom stereocenters. The Morgan fingerprint density at radius 2 is 0.727 bits per heavy atom. The minimum atomic E-state index is 0.0557. The second kappa shape index (κ2) is 21.6. The van der Waals surface area contributed by atoms with E-state index in [1.807, 2.05) is 85.7 Å². The molecule has 8 heterocycles. The summed E-state index contributed by atoms with van der Waals surface area (Å²) < 4.78 is 0. The van der Waals surface area contributed by atoms with Crippen LogP contribution in [0.25, 0.3) is 90.9 Å². The monoisotopic (exact) mass is 870 g/mol. The Hall–Kier alpha value is -7.26. The number of aromatic nitrogens is 7. The highest BCUT2D eigenvalue weighted by Crippen LogP contribution is 2.38. The van der Waals surface area contributed by atoms with Gasteiger partial charge in [-0.05, 0) is 126 Å². The number of carbonyl (C=O) groups is 1. The van der Waals surface area contributed by atoms with Crippen LogP contribution in [0.5, 0.6) is 0 Å². The summed E-state index contributed by atoms with van der Waals surface area (Å²) in [6, 6.07) is 28.7. The number of hydrogen-bond donors (Lipinski definition) is 3. The van der Waals surface area contributed by atoms with Crippen LogP contribution >= 0.6 is 0 Å². The zero-order valence-corrected chi connectivity index (χ0v) is 37.9. The molecule has 9 rings (SSSR count). The lowest BCUT2D eigenvalue weighted by molar-refractivity contribution is -0.116. The molecule has 9 nitrogen and oxygen atoms in total. The van der Waals surface area contributed by atoms with Crippen LogP contribution in [-0.4, -0.2) is 40.8 Å². The molecule has 0 unspecified atom stereocenters. The summed E-state index contributed by atoms with van der Waals surface area (Å²) in [5, 5.41) is 3.16. The maximum Gasteiger partial charge on any atom is 0.224 e. The summed E-state index contributed by atoms with van der Waals surface area (Å²) >= 11 is 0. The summed E-state index contributed by atoms with van der Waals surface area (Å²) in [6.07, 6.45) is 36.4. The first-order valence-corrected chi connectivity index (χ1v) is 23.9. The number of carbonyl (C=O) groups excluding carboxylic acids is 1. The fraction of sp³-hybridized carbons (Fsp3) is 0.263. The summed E-state index contributed by atoms with van der Waals surface area (Å²) in [7, 11) is 0. The highest BCUT2D eigenvalue weighted by Gasteiger charge is 2.19. The van der Waals surface area contributed by atoms with Gasteiger partial charge in [0.05, 0.1) is 22.8 Å². The third-order valence-electron chi connectivity index (χ3n) is 12.6. The molecule has 0 aliphatic carbocycles. The largest absolute Gasteiger partial charge is 0.354 e. The van der Waals surface area contributed by atoms with E-state index in [1.165, 1.54) is 70.6 Å². The number of H-pyrrole nitrogens is 2. The van der Waals surface area contributed by atoms with Crippen molar-refractivity contribution >= 4 is 58.0 Å². The summed E-state index contributed by atoms with van der Waals surface area (Å²) in [5.41, 5.74) is 15.4. The minimum absolute atomic E-state index is 0.0557. The van der Waals surface area contributed by atoms with E-state index in [2.05, 4.69) is 97.9 Å². The normalized spacial score (nSPS) is 11.9. The molecular formula is C57H58N8O. The van der Waals surface area contributed by atoms with Gasteiger partial charge in [-0.2, -0.15) is 0 Å². The number of rotatable bonds is 19. The lowest BCUT2D eigenvalue weighted by Gasteiger charge is -2.09. The number of fused-ring (bicyclic) bond motifs is 8. The Balaban J connectivity index is 1.05. The van der Waals surface area contributed by atoms with Crippen molar-refractivity contribution in [3.05, 3.63) is 145 Å². The Bertz CT molecular complexity index is 2930. The third kappa shape index (κ3) is 10.5. The quantitative estimate of drug-likeness (QED) is 0.0695. The van der Waals surface area contributed by atoms with Crippen LogP contribution in [0.4, 0.5) is 5.69 Å². The van der Waals surface area contributed by atoms with Gasteiger partial charge in [0.25, 0.3) is 0 Å². The topological polar surface area (TPSA) is 125 Å². The first-order chi connectivity index (χ1) is 32.6. The van der Waals surface area contributed by atoms with E-state index in [-0.39, 0.29) is 5.91 Å². The van der Waals surface area contributed by atoms with Crippen LogP contribution in [0, 0.1) is 0 Å². The molecule has 2 aliphatic heterocycles. The standard InChI is InChI=1S/C57H58N8O/c1-2-3-4-5-6-7-8-9-10-11-12-13-14-15-53(66)61-44-18-16-40(17-19-44)54-45-20-22-47(62-45)55(41-28-34-58-35-29-41)49-24-26-51(64-49)57(43-32-38-60-39-33-43)52-27-25-50(65-52)56(42-30-36-59-37-31-42)48-23-21-46(54)63-48/h16-39,62,65H,2-15H2,1H3,(H,61,66). The second-order valence-electron chi connectivity index (χ2n) is 17.3.